The third kappa shape index (κ3) is 4.15. The van der Waals surface area contributed by atoms with Gasteiger partial charge in [-0.05, 0) is 44.4 Å². The van der Waals surface area contributed by atoms with Crippen molar-refractivity contribution in [3.8, 4) is 0 Å². The van der Waals surface area contributed by atoms with Gasteiger partial charge >= 0.3 is 0 Å². The molecule has 2 aromatic rings. The molecule has 1 saturated carbocycles. The van der Waals surface area contributed by atoms with Crippen LogP contribution in [0.2, 0.25) is 0 Å². The van der Waals surface area contributed by atoms with E-state index >= 15 is 0 Å². The highest BCUT2D eigenvalue weighted by Crippen LogP contribution is 2.28. The molecule has 1 aromatic carbocycles. The number of thiazole rings is 1. The number of nitrogens with one attached hydrogen (secondary N) is 1. The number of nitrogens with zero attached hydrogens (tertiary/aromatic N) is 1. The van der Waals surface area contributed by atoms with Crippen LogP contribution in [0.5, 0.6) is 0 Å². The Labute approximate surface area is 139 Å². The van der Waals surface area contributed by atoms with Crippen molar-refractivity contribution in [2.24, 2.45) is 0 Å². The van der Waals surface area contributed by atoms with Crippen LogP contribution < -0.4 is 5.32 Å². The standard InChI is InChI=1S/C17H21BrN2S/c1-11-12(2)21-17(20-11)9-14(10-19-16-6-7-16)13-4-3-5-15(18)8-13/h3-5,8,14,16,19H,6-7,9-10H2,1-2H3. The fourth-order valence-corrected chi connectivity index (χ4v) is 3.93. The quantitative estimate of drug-likeness (QED) is 0.809. The van der Waals surface area contributed by atoms with Gasteiger partial charge in [0.15, 0.2) is 0 Å². The van der Waals surface area contributed by atoms with Crippen molar-refractivity contribution in [1.82, 2.24) is 10.3 Å². The highest BCUT2D eigenvalue weighted by Gasteiger charge is 2.23. The van der Waals surface area contributed by atoms with Crippen LogP contribution in [-0.2, 0) is 6.42 Å². The molecule has 0 amide bonds. The molecule has 1 N–H and O–H groups in total. The number of rotatable bonds is 6. The Morgan fingerprint density at radius 2 is 2.19 bits per heavy atom. The van der Waals surface area contributed by atoms with Gasteiger partial charge in [-0.25, -0.2) is 4.98 Å². The molecule has 4 heteroatoms. The molecule has 2 nitrogen and oxygen atoms in total. The molecular weight excluding hydrogens is 344 g/mol. The third-order valence-electron chi connectivity index (χ3n) is 4.04. The summed E-state index contributed by atoms with van der Waals surface area (Å²) in [4.78, 5) is 6.06. The first-order chi connectivity index (χ1) is 10.1. The molecule has 1 fully saturated rings. The summed E-state index contributed by atoms with van der Waals surface area (Å²) in [6, 6.07) is 9.44. The monoisotopic (exact) mass is 364 g/mol. The third-order valence-corrected chi connectivity index (χ3v) is 5.63. The van der Waals surface area contributed by atoms with Gasteiger partial charge in [-0.2, -0.15) is 0 Å². The van der Waals surface area contributed by atoms with E-state index in [9.17, 15) is 0 Å². The van der Waals surface area contributed by atoms with Crippen LogP contribution in [-0.4, -0.2) is 17.6 Å². The molecule has 0 aliphatic heterocycles. The van der Waals surface area contributed by atoms with Crippen LogP contribution in [0, 0.1) is 13.8 Å². The molecule has 1 aromatic heterocycles. The van der Waals surface area contributed by atoms with Gasteiger partial charge in [-0.1, -0.05) is 28.1 Å². The van der Waals surface area contributed by atoms with Gasteiger partial charge in [0.05, 0.1) is 10.7 Å². The first-order valence-electron chi connectivity index (χ1n) is 7.53. The van der Waals surface area contributed by atoms with Crippen molar-refractivity contribution in [1.29, 1.82) is 0 Å². The summed E-state index contributed by atoms with van der Waals surface area (Å²) in [5, 5.41) is 4.93. The van der Waals surface area contributed by atoms with Gasteiger partial charge in [0.1, 0.15) is 0 Å². The van der Waals surface area contributed by atoms with Crippen LogP contribution >= 0.6 is 27.3 Å². The zero-order chi connectivity index (χ0) is 14.8. The molecule has 0 radical (unpaired) electrons. The highest BCUT2D eigenvalue weighted by atomic mass is 79.9. The average Bonchev–Trinajstić information content (AvgIpc) is 3.21. The van der Waals surface area contributed by atoms with E-state index in [1.807, 2.05) is 11.3 Å². The molecule has 1 aliphatic rings. The van der Waals surface area contributed by atoms with E-state index in [4.69, 9.17) is 4.98 Å². The molecular formula is C17H21BrN2S. The zero-order valence-corrected chi connectivity index (χ0v) is 14.9. The van der Waals surface area contributed by atoms with Crippen molar-refractivity contribution >= 4 is 27.3 Å². The molecule has 0 spiro atoms. The van der Waals surface area contributed by atoms with Gasteiger partial charge in [0.2, 0.25) is 0 Å². The number of halogens is 1. The summed E-state index contributed by atoms with van der Waals surface area (Å²) in [5.74, 6) is 0.494. The van der Waals surface area contributed by atoms with Crippen molar-refractivity contribution in [3.63, 3.8) is 0 Å². The first kappa shape index (κ1) is 15.2. The second-order valence-corrected chi connectivity index (χ2v) is 8.09. The van der Waals surface area contributed by atoms with Gasteiger partial charge in [-0.15, -0.1) is 11.3 Å². The van der Waals surface area contributed by atoms with Crippen molar-refractivity contribution in [2.45, 2.75) is 45.1 Å². The summed E-state index contributed by atoms with van der Waals surface area (Å²) in [7, 11) is 0. The Bertz CT molecular complexity index is 600. The second kappa shape index (κ2) is 6.59. The lowest BCUT2D eigenvalue weighted by atomic mass is 9.96. The first-order valence-corrected chi connectivity index (χ1v) is 9.14. The molecule has 1 heterocycles. The molecule has 3 rings (SSSR count). The Morgan fingerprint density at radius 3 is 2.81 bits per heavy atom. The highest BCUT2D eigenvalue weighted by molar-refractivity contribution is 9.10. The number of aryl methyl sites for hydroxylation is 2. The van der Waals surface area contributed by atoms with E-state index in [0.29, 0.717) is 5.92 Å². The number of aromatic nitrogens is 1. The summed E-state index contributed by atoms with van der Waals surface area (Å²) in [5.41, 5.74) is 2.57. The fourth-order valence-electron chi connectivity index (χ4n) is 2.50. The number of hydrogen-bond acceptors (Lipinski definition) is 3. The zero-order valence-electron chi connectivity index (χ0n) is 12.5. The van der Waals surface area contributed by atoms with E-state index < -0.39 is 0 Å². The van der Waals surface area contributed by atoms with Gasteiger partial charge in [0, 0.05) is 34.3 Å². The smallest absolute Gasteiger partial charge is 0.0937 e. The van der Waals surface area contributed by atoms with Crippen molar-refractivity contribution in [3.05, 3.63) is 49.9 Å². The lowest BCUT2D eigenvalue weighted by Crippen LogP contribution is -2.24. The van der Waals surface area contributed by atoms with E-state index in [0.717, 1.165) is 23.5 Å². The van der Waals surface area contributed by atoms with Crippen LogP contribution in [0.25, 0.3) is 0 Å². The Hall–Kier alpha value is -0.710. The number of benzene rings is 1. The predicted molar refractivity (Wildman–Crippen MR) is 93.2 cm³/mol. The molecule has 1 aliphatic carbocycles. The minimum Gasteiger partial charge on any atom is -0.313 e. The molecule has 1 unspecified atom stereocenters. The molecule has 1 atom stereocenters. The van der Waals surface area contributed by atoms with E-state index in [1.54, 1.807) is 0 Å². The minimum absolute atomic E-state index is 0.494. The van der Waals surface area contributed by atoms with E-state index in [2.05, 4.69) is 59.4 Å². The minimum atomic E-state index is 0.494. The molecule has 21 heavy (non-hydrogen) atoms. The summed E-state index contributed by atoms with van der Waals surface area (Å²) < 4.78 is 1.16. The van der Waals surface area contributed by atoms with Crippen LogP contribution in [0.3, 0.4) is 0 Å². The fraction of sp³-hybridized carbons (Fsp3) is 0.471. The SMILES string of the molecule is Cc1nc(CC(CNC2CC2)c2cccc(Br)c2)sc1C. The predicted octanol–water partition coefficient (Wildman–Crippen LogP) is 4.60. The maximum atomic E-state index is 4.72. The van der Waals surface area contributed by atoms with Crippen LogP contribution in [0.1, 0.15) is 39.9 Å². The number of hydrogen-bond donors (Lipinski definition) is 1. The maximum absolute atomic E-state index is 4.72. The molecule has 112 valence electrons. The average molecular weight is 365 g/mol. The summed E-state index contributed by atoms with van der Waals surface area (Å²) in [6.07, 6.45) is 3.69. The van der Waals surface area contributed by atoms with Crippen molar-refractivity contribution < 1.29 is 0 Å². The molecule has 0 bridgehead atoms. The lowest BCUT2D eigenvalue weighted by Gasteiger charge is -2.17. The van der Waals surface area contributed by atoms with Crippen molar-refractivity contribution in [2.75, 3.05) is 6.54 Å². The van der Waals surface area contributed by atoms with E-state index in [-0.39, 0.29) is 0 Å². The Morgan fingerprint density at radius 1 is 1.38 bits per heavy atom. The maximum Gasteiger partial charge on any atom is 0.0937 e. The normalized spacial score (nSPS) is 16.1. The van der Waals surface area contributed by atoms with E-state index in [1.165, 1.54) is 34.0 Å². The van der Waals surface area contributed by atoms with Crippen LogP contribution in [0.15, 0.2) is 28.7 Å². The Kier molecular flexibility index (Phi) is 4.77. The summed E-state index contributed by atoms with van der Waals surface area (Å²) in [6.45, 7) is 5.30. The topological polar surface area (TPSA) is 24.9 Å². The van der Waals surface area contributed by atoms with Gasteiger partial charge in [0.25, 0.3) is 0 Å². The Balaban J connectivity index is 1.77. The van der Waals surface area contributed by atoms with Gasteiger partial charge < -0.3 is 5.32 Å². The van der Waals surface area contributed by atoms with Crippen LogP contribution in [0.4, 0.5) is 0 Å². The molecule has 0 saturated heterocycles. The lowest BCUT2D eigenvalue weighted by molar-refractivity contribution is 0.575. The largest absolute Gasteiger partial charge is 0.313 e. The second-order valence-electron chi connectivity index (χ2n) is 5.89. The summed E-state index contributed by atoms with van der Waals surface area (Å²) >= 11 is 5.43. The van der Waals surface area contributed by atoms with Gasteiger partial charge in [-0.3, -0.25) is 0 Å².